The Hall–Kier alpha value is -1.55. The molecule has 0 bridgehead atoms. The van der Waals surface area contributed by atoms with Gasteiger partial charge in [0, 0.05) is 13.1 Å². The van der Waals surface area contributed by atoms with E-state index in [1.54, 1.807) is 4.90 Å². The molecule has 4 nitrogen and oxygen atoms in total. The lowest BCUT2D eigenvalue weighted by Crippen LogP contribution is -2.25. The number of carbonyl (C=O) groups excluding carboxylic acids is 1. The van der Waals surface area contributed by atoms with Crippen molar-refractivity contribution in [3.05, 3.63) is 29.8 Å². The third-order valence-electron chi connectivity index (χ3n) is 4.07. The van der Waals surface area contributed by atoms with Crippen LogP contribution in [0, 0.1) is 0 Å². The van der Waals surface area contributed by atoms with Gasteiger partial charge < -0.3 is 14.7 Å². The van der Waals surface area contributed by atoms with E-state index in [1.807, 2.05) is 24.3 Å². The van der Waals surface area contributed by atoms with Gasteiger partial charge in [-0.05, 0) is 43.4 Å². The predicted octanol–water partition coefficient (Wildman–Crippen LogP) is 2.10. The number of likely N-dealkylation sites (tertiary alicyclic amines) is 1. The Labute approximate surface area is 119 Å². The van der Waals surface area contributed by atoms with Gasteiger partial charge in [0.1, 0.15) is 5.75 Å². The number of nitrogens with zero attached hydrogens (tertiary/aromatic N) is 1. The smallest absolute Gasteiger partial charge is 0.225 e. The lowest BCUT2D eigenvalue weighted by atomic mass is 10.2. The molecule has 1 aromatic rings. The summed E-state index contributed by atoms with van der Waals surface area (Å²) >= 11 is 0. The highest BCUT2D eigenvalue weighted by atomic mass is 16.5. The Morgan fingerprint density at radius 1 is 1.30 bits per heavy atom. The topological polar surface area (TPSA) is 49.8 Å². The number of carbonyl (C=O) groups is 1. The standard InChI is InChI=1S/C16H21NO3/c18-13-9-16(19)17(11-13)10-12-4-3-7-15(8-12)20-14-5-1-2-6-14/h3-4,7-8,13-14,18H,1-2,5-6,9-11H2. The van der Waals surface area contributed by atoms with E-state index in [0.29, 0.717) is 19.2 Å². The zero-order valence-electron chi connectivity index (χ0n) is 11.6. The molecule has 1 N–H and O–H groups in total. The monoisotopic (exact) mass is 275 g/mol. The summed E-state index contributed by atoms with van der Waals surface area (Å²) in [4.78, 5) is 13.4. The van der Waals surface area contributed by atoms with E-state index in [1.165, 1.54) is 12.8 Å². The summed E-state index contributed by atoms with van der Waals surface area (Å²) in [6, 6.07) is 7.95. The number of β-amino-alcohol motifs (C(OH)–C–C–N with tert-alkyl or cyclic N) is 1. The van der Waals surface area contributed by atoms with Crippen molar-refractivity contribution in [1.82, 2.24) is 4.90 Å². The van der Waals surface area contributed by atoms with Crippen LogP contribution >= 0.6 is 0 Å². The minimum absolute atomic E-state index is 0.0274. The summed E-state index contributed by atoms with van der Waals surface area (Å²) in [5, 5.41) is 9.51. The summed E-state index contributed by atoms with van der Waals surface area (Å²) < 4.78 is 5.98. The zero-order valence-corrected chi connectivity index (χ0v) is 11.6. The fourth-order valence-corrected chi connectivity index (χ4v) is 3.04. The van der Waals surface area contributed by atoms with Crippen molar-refractivity contribution in [1.29, 1.82) is 0 Å². The van der Waals surface area contributed by atoms with Crippen LogP contribution in [0.15, 0.2) is 24.3 Å². The van der Waals surface area contributed by atoms with Crippen molar-refractivity contribution in [2.75, 3.05) is 6.54 Å². The number of aliphatic hydroxyl groups excluding tert-OH is 1. The van der Waals surface area contributed by atoms with Crippen LogP contribution in [0.5, 0.6) is 5.75 Å². The molecule has 0 spiro atoms. The minimum Gasteiger partial charge on any atom is -0.490 e. The van der Waals surface area contributed by atoms with Gasteiger partial charge >= 0.3 is 0 Å². The zero-order chi connectivity index (χ0) is 13.9. The molecule has 3 rings (SSSR count). The Morgan fingerprint density at radius 2 is 2.10 bits per heavy atom. The number of rotatable bonds is 4. The van der Waals surface area contributed by atoms with Crippen LogP contribution in [0.1, 0.15) is 37.7 Å². The van der Waals surface area contributed by atoms with E-state index >= 15 is 0 Å². The van der Waals surface area contributed by atoms with Gasteiger partial charge in [0.2, 0.25) is 5.91 Å². The molecule has 1 saturated heterocycles. The first-order valence-electron chi connectivity index (χ1n) is 7.42. The summed E-state index contributed by atoms with van der Waals surface area (Å²) in [5.74, 6) is 0.918. The maximum absolute atomic E-state index is 11.7. The molecular formula is C16H21NO3. The maximum atomic E-state index is 11.7. The van der Waals surface area contributed by atoms with Gasteiger partial charge in [0.25, 0.3) is 0 Å². The van der Waals surface area contributed by atoms with E-state index in [4.69, 9.17) is 4.74 Å². The number of aliphatic hydroxyl groups is 1. The highest BCUT2D eigenvalue weighted by molar-refractivity contribution is 5.79. The summed E-state index contributed by atoms with van der Waals surface area (Å²) in [6.45, 7) is 0.990. The second kappa shape index (κ2) is 5.83. The molecule has 2 aliphatic rings. The molecule has 1 aliphatic heterocycles. The second-order valence-corrected chi connectivity index (χ2v) is 5.80. The van der Waals surface area contributed by atoms with Crippen LogP contribution in [0.3, 0.4) is 0 Å². The molecule has 1 unspecified atom stereocenters. The normalized spacial score (nSPS) is 23.6. The fraction of sp³-hybridized carbons (Fsp3) is 0.562. The van der Waals surface area contributed by atoms with Gasteiger partial charge in [-0.3, -0.25) is 4.79 Å². The van der Waals surface area contributed by atoms with Gasteiger partial charge in [-0.1, -0.05) is 12.1 Å². The molecule has 2 fully saturated rings. The largest absolute Gasteiger partial charge is 0.490 e. The van der Waals surface area contributed by atoms with Gasteiger partial charge in [-0.2, -0.15) is 0 Å². The lowest BCUT2D eigenvalue weighted by molar-refractivity contribution is -0.128. The molecule has 1 heterocycles. The van der Waals surface area contributed by atoms with Crippen LogP contribution in [-0.4, -0.2) is 34.7 Å². The van der Waals surface area contributed by atoms with E-state index in [2.05, 4.69) is 0 Å². The lowest BCUT2D eigenvalue weighted by Gasteiger charge is -2.17. The Bertz CT molecular complexity index is 482. The molecule has 108 valence electrons. The van der Waals surface area contributed by atoms with E-state index in [0.717, 1.165) is 24.2 Å². The fourth-order valence-electron chi connectivity index (χ4n) is 3.04. The minimum atomic E-state index is -0.513. The molecule has 1 amide bonds. The van der Waals surface area contributed by atoms with Crippen molar-refractivity contribution in [2.24, 2.45) is 0 Å². The molecule has 1 saturated carbocycles. The Kier molecular flexibility index (Phi) is 3.92. The van der Waals surface area contributed by atoms with Crippen LogP contribution < -0.4 is 4.74 Å². The average molecular weight is 275 g/mol. The van der Waals surface area contributed by atoms with Gasteiger partial charge in [-0.15, -0.1) is 0 Å². The third kappa shape index (κ3) is 3.12. The van der Waals surface area contributed by atoms with Crippen molar-refractivity contribution >= 4 is 5.91 Å². The third-order valence-corrected chi connectivity index (χ3v) is 4.07. The molecule has 0 radical (unpaired) electrons. The first kappa shape index (κ1) is 13.4. The van der Waals surface area contributed by atoms with E-state index in [-0.39, 0.29) is 12.3 Å². The quantitative estimate of drug-likeness (QED) is 0.915. The van der Waals surface area contributed by atoms with Gasteiger partial charge in [0.15, 0.2) is 0 Å². The first-order valence-corrected chi connectivity index (χ1v) is 7.42. The highest BCUT2D eigenvalue weighted by Crippen LogP contribution is 2.25. The van der Waals surface area contributed by atoms with Crippen LogP contribution in [0.25, 0.3) is 0 Å². The number of hydrogen-bond donors (Lipinski definition) is 1. The molecule has 1 aliphatic carbocycles. The van der Waals surface area contributed by atoms with Crippen molar-refractivity contribution < 1.29 is 14.6 Å². The predicted molar refractivity (Wildman–Crippen MR) is 75.4 cm³/mol. The highest BCUT2D eigenvalue weighted by Gasteiger charge is 2.27. The van der Waals surface area contributed by atoms with Crippen LogP contribution in [0.4, 0.5) is 0 Å². The molecule has 1 atom stereocenters. The van der Waals surface area contributed by atoms with Gasteiger partial charge in [-0.25, -0.2) is 0 Å². The number of hydrogen-bond acceptors (Lipinski definition) is 3. The maximum Gasteiger partial charge on any atom is 0.225 e. The second-order valence-electron chi connectivity index (χ2n) is 5.80. The molecular weight excluding hydrogens is 254 g/mol. The summed E-state index contributed by atoms with van der Waals surface area (Å²) in [7, 11) is 0. The molecule has 4 heteroatoms. The summed E-state index contributed by atoms with van der Waals surface area (Å²) in [6.07, 6.45) is 4.87. The van der Waals surface area contributed by atoms with Gasteiger partial charge in [0.05, 0.1) is 18.6 Å². The number of amides is 1. The Morgan fingerprint density at radius 3 is 2.80 bits per heavy atom. The molecule has 1 aromatic carbocycles. The van der Waals surface area contributed by atoms with Crippen molar-refractivity contribution in [2.45, 2.75) is 50.9 Å². The van der Waals surface area contributed by atoms with Crippen LogP contribution in [0.2, 0.25) is 0 Å². The van der Waals surface area contributed by atoms with E-state index in [9.17, 15) is 9.90 Å². The SMILES string of the molecule is O=C1CC(O)CN1Cc1cccc(OC2CCCC2)c1. The first-order chi connectivity index (χ1) is 9.70. The Balaban J connectivity index is 1.63. The van der Waals surface area contributed by atoms with Crippen molar-refractivity contribution in [3.63, 3.8) is 0 Å². The van der Waals surface area contributed by atoms with Crippen LogP contribution in [-0.2, 0) is 11.3 Å². The molecule has 20 heavy (non-hydrogen) atoms. The number of ether oxygens (including phenoxy) is 1. The van der Waals surface area contributed by atoms with E-state index < -0.39 is 6.10 Å². The number of benzene rings is 1. The molecule has 0 aromatic heterocycles. The van der Waals surface area contributed by atoms with Crippen molar-refractivity contribution in [3.8, 4) is 5.75 Å². The average Bonchev–Trinajstić information content (AvgIpc) is 3.01. The summed E-state index contributed by atoms with van der Waals surface area (Å²) in [5.41, 5.74) is 1.06.